The largest absolute Gasteiger partial charge is 0.480 e. The Kier molecular flexibility index (Phi) is 5.86. The first-order chi connectivity index (χ1) is 8.95. The third kappa shape index (κ3) is 4.58. The van der Waals surface area contributed by atoms with Crippen LogP contribution in [0.25, 0.3) is 0 Å². The average molecular weight is 268 g/mol. The van der Waals surface area contributed by atoms with E-state index >= 15 is 0 Å². The molecule has 1 fully saturated rings. The number of carbonyl (C=O) groups is 2. The SMILES string of the molecule is C=CCC(NC(=O)N(C)C1CCCC(C)C1)C(=O)O. The smallest absolute Gasteiger partial charge is 0.326 e. The summed E-state index contributed by atoms with van der Waals surface area (Å²) in [6.07, 6.45) is 6.05. The molecular formula is C14H24N2O3. The van der Waals surface area contributed by atoms with Gasteiger partial charge in [0.15, 0.2) is 0 Å². The van der Waals surface area contributed by atoms with Crippen LogP contribution in [0.2, 0.25) is 0 Å². The number of aliphatic carboxylic acids is 1. The van der Waals surface area contributed by atoms with Crippen LogP contribution >= 0.6 is 0 Å². The Morgan fingerprint density at radius 3 is 2.74 bits per heavy atom. The molecule has 1 rings (SSSR count). The first-order valence-electron chi connectivity index (χ1n) is 6.82. The van der Waals surface area contributed by atoms with Gasteiger partial charge in [-0.05, 0) is 25.2 Å². The summed E-state index contributed by atoms with van der Waals surface area (Å²) in [5, 5.41) is 11.6. The van der Waals surface area contributed by atoms with Crippen molar-refractivity contribution >= 4 is 12.0 Å². The number of carboxylic acid groups (broad SMARTS) is 1. The Hall–Kier alpha value is -1.52. The van der Waals surface area contributed by atoms with Crippen LogP contribution in [-0.4, -0.2) is 41.1 Å². The van der Waals surface area contributed by atoms with E-state index in [0.717, 1.165) is 19.3 Å². The van der Waals surface area contributed by atoms with E-state index in [4.69, 9.17) is 5.11 Å². The predicted octanol–water partition coefficient (Wildman–Crippen LogP) is 2.24. The molecule has 5 heteroatoms. The molecule has 1 aliphatic carbocycles. The molecule has 0 heterocycles. The van der Waals surface area contributed by atoms with Crippen molar-refractivity contribution in [2.75, 3.05) is 7.05 Å². The van der Waals surface area contributed by atoms with E-state index in [1.54, 1.807) is 11.9 Å². The van der Waals surface area contributed by atoms with Crippen molar-refractivity contribution in [2.24, 2.45) is 5.92 Å². The Labute approximate surface area is 114 Å². The van der Waals surface area contributed by atoms with Gasteiger partial charge in [-0.25, -0.2) is 9.59 Å². The fraction of sp³-hybridized carbons (Fsp3) is 0.714. The molecule has 19 heavy (non-hydrogen) atoms. The highest BCUT2D eigenvalue weighted by atomic mass is 16.4. The van der Waals surface area contributed by atoms with E-state index in [-0.39, 0.29) is 18.5 Å². The van der Waals surface area contributed by atoms with Gasteiger partial charge in [-0.3, -0.25) is 0 Å². The van der Waals surface area contributed by atoms with E-state index in [1.165, 1.54) is 12.5 Å². The monoisotopic (exact) mass is 268 g/mol. The minimum absolute atomic E-state index is 0.210. The number of nitrogens with one attached hydrogen (secondary N) is 1. The molecular weight excluding hydrogens is 244 g/mol. The minimum atomic E-state index is -1.03. The number of nitrogens with zero attached hydrogens (tertiary/aromatic N) is 1. The lowest BCUT2D eigenvalue weighted by Crippen LogP contribution is -2.50. The van der Waals surface area contributed by atoms with Gasteiger partial charge in [-0.2, -0.15) is 0 Å². The number of carbonyl (C=O) groups excluding carboxylic acids is 1. The summed E-state index contributed by atoms with van der Waals surface area (Å²) in [5.74, 6) is -0.406. The molecule has 0 aliphatic heterocycles. The molecule has 5 nitrogen and oxygen atoms in total. The molecule has 2 amide bonds. The average Bonchev–Trinajstić information content (AvgIpc) is 2.37. The van der Waals surface area contributed by atoms with Crippen molar-refractivity contribution in [1.82, 2.24) is 10.2 Å². The molecule has 0 aromatic rings. The standard InChI is InChI=1S/C14H24N2O3/c1-4-6-12(13(17)18)15-14(19)16(3)11-8-5-7-10(2)9-11/h4,10-12H,1,5-9H2,2-3H3,(H,15,19)(H,17,18). The maximum absolute atomic E-state index is 12.1. The van der Waals surface area contributed by atoms with E-state index in [1.807, 2.05) is 0 Å². The number of amides is 2. The van der Waals surface area contributed by atoms with Crippen LogP contribution in [0.4, 0.5) is 4.79 Å². The van der Waals surface area contributed by atoms with Gasteiger partial charge in [0.25, 0.3) is 0 Å². The fourth-order valence-corrected chi connectivity index (χ4v) is 2.56. The van der Waals surface area contributed by atoms with Crippen LogP contribution in [0.1, 0.15) is 39.0 Å². The molecule has 0 bridgehead atoms. The third-order valence-corrected chi connectivity index (χ3v) is 3.77. The molecule has 3 unspecified atom stereocenters. The topological polar surface area (TPSA) is 69.6 Å². The summed E-state index contributed by atoms with van der Waals surface area (Å²) in [4.78, 5) is 24.7. The maximum Gasteiger partial charge on any atom is 0.326 e. The molecule has 2 N–H and O–H groups in total. The highest BCUT2D eigenvalue weighted by molar-refractivity contribution is 5.82. The number of hydrogen-bond acceptors (Lipinski definition) is 2. The summed E-state index contributed by atoms with van der Waals surface area (Å²) in [6.45, 7) is 5.70. The van der Waals surface area contributed by atoms with Gasteiger partial charge in [-0.15, -0.1) is 6.58 Å². The van der Waals surface area contributed by atoms with Crippen molar-refractivity contribution in [3.05, 3.63) is 12.7 Å². The summed E-state index contributed by atoms with van der Waals surface area (Å²) in [7, 11) is 1.74. The fourth-order valence-electron chi connectivity index (χ4n) is 2.56. The van der Waals surface area contributed by atoms with Gasteiger partial charge in [0.1, 0.15) is 6.04 Å². The van der Waals surface area contributed by atoms with Crippen LogP contribution in [-0.2, 0) is 4.79 Å². The normalized spacial score (nSPS) is 24.3. The Morgan fingerprint density at radius 1 is 1.53 bits per heavy atom. The van der Waals surface area contributed by atoms with Gasteiger partial charge in [0.05, 0.1) is 0 Å². The highest BCUT2D eigenvalue weighted by Gasteiger charge is 2.27. The third-order valence-electron chi connectivity index (χ3n) is 3.77. The van der Waals surface area contributed by atoms with E-state index in [2.05, 4.69) is 18.8 Å². The van der Waals surface area contributed by atoms with Crippen LogP contribution in [0.5, 0.6) is 0 Å². The Bertz CT molecular complexity index is 344. The zero-order valence-electron chi connectivity index (χ0n) is 11.8. The van der Waals surface area contributed by atoms with Gasteiger partial charge in [0, 0.05) is 13.1 Å². The number of rotatable bonds is 5. The number of hydrogen-bond donors (Lipinski definition) is 2. The molecule has 0 aromatic heterocycles. The van der Waals surface area contributed by atoms with Crippen molar-refractivity contribution in [3.8, 4) is 0 Å². The lowest BCUT2D eigenvalue weighted by Gasteiger charge is -2.34. The quantitative estimate of drug-likeness (QED) is 0.751. The predicted molar refractivity (Wildman–Crippen MR) is 74.0 cm³/mol. The van der Waals surface area contributed by atoms with Crippen LogP contribution in [0.15, 0.2) is 12.7 Å². The second-order valence-corrected chi connectivity index (χ2v) is 5.40. The lowest BCUT2D eigenvalue weighted by atomic mass is 9.86. The van der Waals surface area contributed by atoms with Crippen LogP contribution in [0.3, 0.4) is 0 Å². The van der Waals surface area contributed by atoms with Gasteiger partial charge < -0.3 is 15.3 Å². The maximum atomic E-state index is 12.1. The molecule has 0 radical (unpaired) electrons. The molecule has 0 spiro atoms. The molecule has 0 saturated heterocycles. The Balaban J connectivity index is 2.55. The second-order valence-electron chi connectivity index (χ2n) is 5.40. The van der Waals surface area contributed by atoms with Crippen molar-refractivity contribution in [3.63, 3.8) is 0 Å². The van der Waals surface area contributed by atoms with Gasteiger partial charge in [0.2, 0.25) is 0 Å². The number of urea groups is 1. The van der Waals surface area contributed by atoms with E-state index in [9.17, 15) is 9.59 Å². The summed E-state index contributed by atoms with van der Waals surface area (Å²) in [5.41, 5.74) is 0. The van der Waals surface area contributed by atoms with Crippen LogP contribution in [0, 0.1) is 5.92 Å². The molecule has 1 aliphatic rings. The number of carboxylic acids is 1. The lowest BCUT2D eigenvalue weighted by molar-refractivity contribution is -0.139. The molecule has 1 saturated carbocycles. The highest BCUT2D eigenvalue weighted by Crippen LogP contribution is 2.26. The second kappa shape index (κ2) is 7.16. The van der Waals surface area contributed by atoms with Crippen LogP contribution < -0.4 is 5.32 Å². The Morgan fingerprint density at radius 2 is 2.21 bits per heavy atom. The zero-order valence-corrected chi connectivity index (χ0v) is 11.8. The molecule has 0 aromatic carbocycles. The van der Waals surface area contributed by atoms with Crippen molar-refractivity contribution in [2.45, 2.75) is 51.1 Å². The summed E-state index contributed by atoms with van der Waals surface area (Å²) >= 11 is 0. The molecule has 108 valence electrons. The van der Waals surface area contributed by atoms with Gasteiger partial charge >= 0.3 is 12.0 Å². The van der Waals surface area contributed by atoms with Crippen molar-refractivity contribution < 1.29 is 14.7 Å². The summed E-state index contributed by atoms with van der Waals surface area (Å²) in [6, 6.07) is -0.997. The van der Waals surface area contributed by atoms with E-state index < -0.39 is 12.0 Å². The minimum Gasteiger partial charge on any atom is -0.480 e. The van der Waals surface area contributed by atoms with Crippen molar-refractivity contribution in [1.29, 1.82) is 0 Å². The van der Waals surface area contributed by atoms with E-state index in [0.29, 0.717) is 5.92 Å². The first kappa shape index (κ1) is 15.5. The molecule has 3 atom stereocenters. The summed E-state index contributed by atoms with van der Waals surface area (Å²) < 4.78 is 0. The van der Waals surface area contributed by atoms with Gasteiger partial charge in [-0.1, -0.05) is 25.8 Å². The first-order valence-corrected chi connectivity index (χ1v) is 6.82. The zero-order chi connectivity index (χ0) is 14.4.